The number of thiazole rings is 1. The van der Waals surface area contributed by atoms with E-state index >= 15 is 0 Å². The summed E-state index contributed by atoms with van der Waals surface area (Å²) >= 11 is 3.26. The molecule has 4 rings (SSSR count). The van der Waals surface area contributed by atoms with E-state index in [9.17, 15) is 0 Å². The van der Waals surface area contributed by atoms with E-state index in [2.05, 4.69) is 21.2 Å². The molecule has 4 aromatic rings. The molecule has 0 spiro atoms. The van der Waals surface area contributed by atoms with Crippen LogP contribution in [0.3, 0.4) is 0 Å². The van der Waals surface area contributed by atoms with Gasteiger partial charge in [-0.3, -0.25) is 4.98 Å². The van der Waals surface area contributed by atoms with Crippen LogP contribution in [0.5, 0.6) is 5.75 Å². The fourth-order valence-electron chi connectivity index (χ4n) is 2.67. The summed E-state index contributed by atoms with van der Waals surface area (Å²) in [6.45, 7) is 2.00. The van der Waals surface area contributed by atoms with E-state index in [1.807, 2.05) is 55.6 Å². The van der Waals surface area contributed by atoms with Crippen molar-refractivity contribution in [1.29, 1.82) is 0 Å². The Hall–Kier alpha value is -2.77. The van der Waals surface area contributed by atoms with Crippen molar-refractivity contribution in [2.75, 3.05) is 7.11 Å². The van der Waals surface area contributed by atoms with Crippen molar-refractivity contribution in [2.24, 2.45) is 0 Å². The Morgan fingerprint density at radius 2 is 2.00 bits per heavy atom. The van der Waals surface area contributed by atoms with Crippen LogP contribution in [-0.4, -0.2) is 27.3 Å². The summed E-state index contributed by atoms with van der Waals surface area (Å²) in [6, 6.07) is 15.9. The van der Waals surface area contributed by atoms with Crippen molar-refractivity contribution >= 4 is 23.1 Å². The first-order valence-corrected chi connectivity index (χ1v) is 10.5. The minimum Gasteiger partial charge on any atom is -0.497 e. The molecule has 140 valence electrons. The summed E-state index contributed by atoms with van der Waals surface area (Å²) in [5.41, 5.74) is 4.00. The van der Waals surface area contributed by atoms with Gasteiger partial charge in [0.2, 0.25) is 0 Å². The van der Waals surface area contributed by atoms with Gasteiger partial charge in [-0.15, -0.1) is 21.5 Å². The van der Waals surface area contributed by atoms with Gasteiger partial charge < -0.3 is 4.74 Å². The summed E-state index contributed by atoms with van der Waals surface area (Å²) in [4.78, 5) is 9.89. The molecule has 0 saturated heterocycles. The molecular formula is C21H18N4OS2. The smallest absolute Gasteiger partial charge is 0.124 e. The molecule has 0 N–H and O–H groups in total. The first-order chi connectivity index (χ1) is 13.7. The van der Waals surface area contributed by atoms with Gasteiger partial charge >= 0.3 is 0 Å². The number of hydrogen-bond donors (Lipinski definition) is 0. The number of aryl methyl sites for hydroxylation is 1. The minimum atomic E-state index is 0.821. The monoisotopic (exact) mass is 406 g/mol. The molecule has 0 aliphatic heterocycles. The number of nitrogens with zero attached hydrogens (tertiary/aromatic N) is 4. The maximum atomic E-state index is 5.31. The van der Waals surface area contributed by atoms with Gasteiger partial charge in [0.15, 0.2) is 0 Å². The van der Waals surface area contributed by atoms with Gasteiger partial charge in [0, 0.05) is 23.7 Å². The van der Waals surface area contributed by atoms with Crippen LogP contribution in [0.2, 0.25) is 0 Å². The SMILES string of the molecule is COc1cccc(-c2nc(C)c(-c3ccc(SCc4cccnc4)nn3)s2)c1. The van der Waals surface area contributed by atoms with E-state index < -0.39 is 0 Å². The Balaban J connectivity index is 1.52. The second-order valence-electron chi connectivity index (χ2n) is 6.07. The van der Waals surface area contributed by atoms with Gasteiger partial charge in [0.05, 0.1) is 17.7 Å². The molecule has 7 heteroatoms. The molecule has 0 amide bonds. The van der Waals surface area contributed by atoms with Crippen LogP contribution in [0.25, 0.3) is 21.1 Å². The third-order valence-corrected chi connectivity index (χ3v) is 6.32. The largest absolute Gasteiger partial charge is 0.497 e. The molecule has 0 radical (unpaired) electrons. The van der Waals surface area contributed by atoms with Gasteiger partial charge in [-0.25, -0.2) is 4.98 Å². The fourth-order valence-corrected chi connectivity index (χ4v) is 4.45. The average Bonchev–Trinajstić information content (AvgIpc) is 3.15. The highest BCUT2D eigenvalue weighted by Crippen LogP contribution is 2.35. The molecule has 0 fully saturated rings. The lowest BCUT2D eigenvalue weighted by atomic mass is 10.2. The van der Waals surface area contributed by atoms with E-state index in [0.29, 0.717) is 0 Å². The first kappa shape index (κ1) is 18.6. The predicted octanol–water partition coefficient (Wildman–Crippen LogP) is 5.27. The Labute approximate surface area is 171 Å². The summed E-state index contributed by atoms with van der Waals surface area (Å²) in [5.74, 6) is 1.64. The van der Waals surface area contributed by atoms with Crippen molar-refractivity contribution in [2.45, 2.75) is 17.7 Å². The van der Waals surface area contributed by atoms with Crippen LogP contribution in [0.1, 0.15) is 11.3 Å². The second kappa shape index (κ2) is 8.50. The van der Waals surface area contributed by atoms with E-state index in [4.69, 9.17) is 9.72 Å². The molecule has 0 atom stereocenters. The third kappa shape index (κ3) is 4.21. The highest BCUT2D eigenvalue weighted by atomic mass is 32.2. The van der Waals surface area contributed by atoms with E-state index in [1.165, 1.54) is 5.56 Å². The fraction of sp³-hybridized carbons (Fsp3) is 0.143. The molecule has 5 nitrogen and oxygen atoms in total. The maximum Gasteiger partial charge on any atom is 0.124 e. The predicted molar refractivity (Wildman–Crippen MR) is 114 cm³/mol. The lowest BCUT2D eigenvalue weighted by molar-refractivity contribution is 0.415. The number of methoxy groups -OCH3 is 1. The van der Waals surface area contributed by atoms with Crippen LogP contribution in [-0.2, 0) is 5.75 Å². The summed E-state index contributed by atoms with van der Waals surface area (Å²) in [6.07, 6.45) is 3.65. The number of aromatic nitrogens is 4. The van der Waals surface area contributed by atoms with Gasteiger partial charge in [-0.1, -0.05) is 30.0 Å². The highest BCUT2D eigenvalue weighted by molar-refractivity contribution is 7.98. The lowest BCUT2D eigenvalue weighted by Gasteiger charge is -2.02. The quantitative estimate of drug-likeness (QED) is 0.407. The van der Waals surface area contributed by atoms with Crippen molar-refractivity contribution in [3.63, 3.8) is 0 Å². The van der Waals surface area contributed by atoms with Gasteiger partial charge in [0.1, 0.15) is 21.5 Å². The lowest BCUT2D eigenvalue weighted by Crippen LogP contribution is -1.90. The molecule has 0 bridgehead atoms. The number of rotatable bonds is 6. The number of hydrogen-bond acceptors (Lipinski definition) is 7. The van der Waals surface area contributed by atoms with E-state index in [-0.39, 0.29) is 0 Å². The zero-order chi connectivity index (χ0) is 19.3. The van der Waals surface area contributed by atoms with Crippen molar-refractivity contribution < 1.29 is 4.74 Å². The normalized spacial score (nSPS) is 10.8. The van der Waals surface area contributed by atoms with Crippen LogP contribution in [0.4, 0.5) is 0 Å². The van der Waals surface area contributed by atoms with Crippen molar-refractivity contribution in [3.8, 4) is 26.9 Å². The van der Waals surface area contributed by atoms with Crippen LogP contribution in [0, 0.1) is 6.92 Å². The minimum absolute atomic E-state index is 0.821. The molecule has 3 aromatic heterocycles. The Morgan fingerprint density at radius 3 is 2.75 bits per heavy atom. The van der Waals surface area contributed by atoms with Gasteiger partial charge in [-0.05, 0) is 42.8 Å². The van der Waals surface area contributed by atoms with E-state index in [1.54, 1.807) is 36.4 Å². The molecule has 0 aliphatic carbocycles. The first-order valence-electron chi connectivity index (χ1n) is 8.70. The number of thioether (sulfide) groups is 1. The molecule has 0 aliphatic rings. The maximum absolute atomic E-state index is 5.31. The molecule has 0 saturated carbocycles. The highest BCUT2D eigenvalue weighted by Gasteiger charge is 2.13. The van der Waals surface area contributed by atoms with Gasteiger partial charge in [-0.2, -0.15) is 0 Å². The summed E-state index contributed by atoms with van der Waals surface area (Å²) in [7, 11) is 1.67. The number of pyridine rings is 1. The molecule has 0 unspecified atom stereocenters. The topological polar surface area (TPSA) is 60.8 Å². The van der Waals surface area contributed by atoms with Crippen LogP contribution < -0.4 is 4.74 Å². The molecule has 1 aromatic carbocycles. The van der Waals surface area contributed by atoms with Crippen molar-refractivity contribution in [3.05, 3.63) is 72.2 Å². The number of ether oxygens (including phenoxy) is 1. The van der Waals surface area contributed by atoms with Crippen LogP contribution in [0.15, 0.2) is 66.0 Å². The van der Waals surface area contributed by atoms with Crippen molar-refractivity contribution in [1.82, 2.24) is 20.2 Å². The molecule has 28 heavy (non-hydrogen) atoms. The summed E-state index contributed by atoms with van der Waals surface area (Å²) < 4.78 is 5.31. The van der Waals surface area contributed by atoms with E-state index in [0.717, 1.165) is 43.4 Å². The Kier molecular flexibility index (Phi) is 5.64. The molecular weight excluding hydrogens is 388 g/mol. The second-order valence-corrected chi connectivity index (χ2v) is 8.07. The zero-order valence-electron chi connectivity index (χ0n) is 15.5. The Morgan fingerprint density at radius 1 is 1.07 bits per heavy atom. The standard InChI is InChI=1S/C21H18N4OS2/c1-14-20(28-21(23-14)16-6-3-7-17(11-16)26-2)18-8-9-19(25-24-18)27-13-15-5-4-10-22-12-15/h3-12H,13H2,1-2H3. The average molecular weight is 407 g/mol. The summed E-state index contributed by atoms with van der Waals surface area (Å²) in [5, 5.41) is 10.6. The van der Waals surface area contributed by atoms with Crippen LogP contribution >= 0.6 is 23.1 Å². The zero-order valence-corrected chi connectivity index (χ0v) is 17.1. The van der Waals surface area contributed by atoms with Gasteiger partial charge in [0.25, 0.3) is 0 Å². The molecule has 3 heterocycles. The Bertz CT molecular complexity index is 1070. The number of benzene rings is 1. The third-order valence-electron chi connectivity index (χ3n) is 4.10.